The highest BCUT2D eigenvalue weighted by atomic mass is 35.5. The zero-order chi connectivity index (χ0) is 23.5. The molecule has 10 heteroatoms. The van der Waals surface area contributed by atoms with Crippen LogP contribution in [0.4, 0.5) is 18.9 Å². The lowest BCUT2D eigenvalue weighted by Crippen LogP contribution is -2.25. The SMILES string of the molecule is CC(C)CCn1c(SCC(=O)Nc2ccccc2C(F)(F)F)nc2cc(Cl)ccc2c1=O. The average molecular weight is 484 g/mol. The highest BCUT2D eigenvalue weighted by Crippen LogP contribution is 2.34. The van der Waals surface area contributed by atoms with Gasteiger partial charge in [0, 0.05) is 11.6 Å². The Bertz CT molecular complexity index is 1200. The van der Waals surface area contributed by atoms with Crippen molar-refractivity contribution in [3.05, 3.63) is 63.4 Å². The lowest BCUT2D eigenvalue weighted by atomic mass is 10.1. The number of hydrogen-bond donors (Lipinski definition) is 1. The normalized spacial score (nSPS) is 11.8. The lowest BCUT2D eigenvalue weighted by Gasteiger charge is -2.15. The van der Waals surface area contributed by atoms with Crippen molar-refractivity contribution in [2.24, 2.45) is 5.92 Å². The number of fused-ring (bicyclic) bond motifs is 1. The Kier molecular flexibility index (Phi) is 7.51. The van der Waals surface area contributed by atoms with Gasteiger partial charge in [0.1, 0.15) is 0 Å². The van der Waals surface area contributed by atoms with E-state index in [9.17, 15) is 22.8 Å². The Morgan fingerprint density at radius 1 is 1.22 bits per heavy atom. The molecule has 0 unspecified atom stereocenters. The number of nitrogens with zero attached hydrogens (tertiary/aromatic N) is 2. The molecule has 0 aliphatic heterocycles. The third-order valence-corrected chi connectivity index (χ3v) is 5.86. The van der Waals surface area contributed by atoms with Gasteiger partial charge in [0.05, 0.1) is 27.9 Å². The van der Waals surface area contributed by atoms with Crippen molar-refractivity contribution in [3.63, 3.8) is 0 Å². The molecule has 0 saturated heterocycles. The van der Waals surface area contributed by atoms with Crippen molar-refractivity contribution in [3.8, 4) is 0 Å². The molecule has 0 spiro atoms. The minimum Gasteiger partial charge on any atom is -0.325 e. The van der Waals surface area contributed by atoms with E-state index in [4.69, 9.17) is 11.6 Å². The second-order valence-corrected chi connectivity index (χ2v) is 8.95. The smallest absolute Gasteiger partial charge is 0.325 e. The molecule has 170 valence electrons. The van der Waals surface area contributed by atoms with E-state index in [1.807, 2.05) is 13.8 Å². The monoisotopic (exact) mass is 483 g/mol. The molecule has 0 saturated carbocycles. The molecule has 1 aromatic heterocycles. The van der Waals surface area contributed by atoms with Crippen LogP contribution in [-0.2, 0) is 17.5 Å². The van der Waals surface area contributed by atoms with Crippen LogP contribution in [0.1, 0.15) is 25.8 Å². The minimum absolute atomic E-state index is 0.216. The van der Waals surface area contributed by atoms with Crippen molar-refractivity contribution in [2.75, 3.05) is 11.1 Å². The summed E-state index contributed by atoms with van der Waals surface area (Å²) in [6.07, 6.45) is -3.87. The van der Waals surface area contributed by atoms with Crippen LogP contribution in [-0.4, -0.2) is 21.2 Å². The summed E-state index contributed by atoms with van der Waals surface area (Å²) in [7, 11) is 0. The summed E-state index contributed by atoms with van der Waals surface area (Å²) in [6, 6.07) is 9.54. The predicted molar refractivity (Wildman–Crippen MR) is 121 cm³/mol. The van der Waals surface area contributed by atoms with Crippen molar-refractivity contribution >= 4 is 45.9 Å². The largest absolute Gasteiger partial charge is 0.418 e. The van der Waals surface area contributed by atoms with Gasteiger partial charge in [0.15, 0.2) is 5.16 Å². The Morgan fingerprint density at radius 3 is 2.62 bits per heavy atom. The molecule has 32 heavy (non-hydrogen) atoms. The molecule has 0 aliphatic carbocycles. The number of hydrogen-bond acceptors (Lipinski definition) is 4. The van der Waals surface area contributed by atoms with E-state index in [-0.39, 0.29) is 17.0 Å². The molecule has 0 fully saturated rings. The quantitative estimate of drug-likeness (QED) is 0.338. The van der Waals surface area contributed by atoms with E-state index in [0.717, 1.165) is 24.2 Å². The maximum atomic E-state index is 13.2. The second-order valence-electron chi connectivity index (χ2n) is 7.58. The van der Waals surface area contributed by atoms with E-state index in [1.54, 1.807) is 18.2 Å². The Morgan fingerprint density at radius 2 is 1.94 bits per heavy atom. The molecule has 3 rings (SSSR count). The Hall–Kier alpha value is -2.52. The number of alkyl halides is 3. The fraction of sp³-hybridized carbons (Fsp3) is 0.318. The zero-order valence-electron chi connectivity index (χ0n) is 17.4. The van der Waals surface area contributed by atoms with Crippen molar-refractivity contribution in [1.29, 1.82) is 0 Å². The number of benzene rings is 2. The number of carbonyl (C=O) groups is 1. The van der Waals surface area contributed by atoms with Gasteiger partial charge in [-0.1, -0.05) is 49.3 Å². The number of rotatable bonds is 7. The van der Waals surface area contributed by atoms with Crippen LogP contribution in [0.3, 0.4) is 0 Å². The van der Waals surface area contributed by atoms with E-state index < -0.39 is 17.6 Å². The number of amides is 1. The summed E-state index contributed by atoms with van der Waals surface area (Å²) in [5.41, 5.74) is -1.10. The van der Waals surface area contributed by atoms with Gasteiger partial charge in [0.25, 0.3) is 5.56 Å². The van der Waals surface area contributed by atoms with Crippen molar-refractivity contribution in [1.82, 2.24) is 9.55 Å². The summed E-state index contributed by atoms with van der Waals surface area (Å²) < 4.78 is 41.0. The zero-order valence-corrected chi connectivity index (χ0v) is 18.9. The molecule has 0 aliphatic rings. The van der Waals surface area contributed by atoms with Crippen LogP contribution >= 0.6 is 23.4 Å². The van der Waals surface area contributed by atoms with Gasteiger partial charge in [0.2, 0.25) is 5.91 Å². The Balaban J connectivity index is 1.86. The fourth-order valence-electron chi connectivity index (χ4n) is 3.02. The van der Waals surface area contributed by atoms with Gasteiger partial charge in [-0.15, -0.1) is 0 Å². The number of thioether (sulfide) groups is 1. The first kappa shape index (κ1) is 24.1. The summed E-state index contributed by atoms with van der Waals surface area (Å²) in [6.45, 7) is 4.46. The summed E-state index contributed by atoms with van der Waals surface area (Å²) in [5.74, 6) is -0.516. The van der Waals surface area contributed by atoms with Gasteiger partial charge in [-0.3, -0.25) is 14.2 Å². The third-order valence-electron chi connectivity index (χ3n) is 4.65. The van der Waals surface area contributed by atoms with Gasteiger partial charge in [-0.2, -0.15) is 13.2 Å². The summed E-state index contributed by atoms with van der Waals surface area (Å²) in [5, 5.41) is 3.44. The molecule has 1 N–H and O–H groups in total. The second kappa shape index (κ2) is 9.95. The Labute approximate surface area is 192 Å². The average Bonchev–Trinajstić information content (AvgIpc) is 2.71. The van der Waals surface area contributed by atoms with E-state index in [1.165, 1.54) is 22.8 Å². The van der Waals surface area contributed by atoms with Gasteiger partial charge < -0.3 is 5.32 Å². The summed E-state index contributed by atoms with van der Waals surface area (Å²) >= 11 is 7.01. The maximum Gasteiger partial charge on any atom is 0.418 e. The lowest BCUT2D eigenvalue weighted by molar-refractivity contribution is -0.137. The van der Waals surface area contributed by atoms with Crippen LogP contribution in [0.5, 0.6) is 0 Å². The number of para-hydroxylation sites is 1. The first-order chi connectivity index (χ1) is 15.1. The molecule has 0 radical (unpaired) electrons. The highest BCUT2D eigenvalue weighted by molar-refractivity contribution is 7.99. The van der Waals surface area contributed by atoms with Crippen molar-refractivity contribution < 1.29 is 18.0 Å². The number of nitrogens with one attached hydrogen (secondary N) is 1. The van der Waals surface area contributed by atoms with Crippen LogP contribution in [0.15, 0.2) is 52.4 Å². The van der Waals surface area contributed by atoms with Crippen LogP contribution in [0.2, 0.25) is 5.02 Å². The summed E-state index contributed by atoms with van der Waals surface area (Å²) in [4.78, 5) is 29.9. The number of carbonyl (C=O) groups excluding carboxylic acids is 1. The molecule has 3 aromatic rings. The molecule has 0 atom stereocenters. The topological polar surface area (TPSA) is 64.0 Å². The minimum atomic E-state index is -4.59. The number of aromatic nitrogens is 2. The van der Waals surface area contributed by atoms with Gasteiger partial charge in [-0.25, -0.2) is 4.98 Å². The molecule has 5 nitrogen and oxygen atoms in total. The van der Waals surface area contributed by atoms with Gasteiger partial charge in [-0.05, 0) is 42.7 Å². The fourth-order valence-corrected chi connectivity index (χ4v) is 4.02. The molecule has 1 amide bonds. The molecular weight excluding hydrogens is 463 g/mol. The first-order valence-electron chi connectivity index (χ1n) is 9.85. The molecule has 0 bridgehead atoms. The van der Waals surface area contributed by atoms with E-state index >= 15 is 0 Å². The maximum absolute atomic E-state index is 13.2. The van der Waals surface area contributed by atoms with E-state index in [0.29, 0.717) is 33.5 Å². The standard InChI is InChI=1S/C22H21ClF3N3O2S/c1-13(2)9-10-29-20(31)15-8-7-14(23)11-18(15)28-21(29)32-12-19(30)27-17-6-4-3-5-16(17)22(24,25)26/h3-8,11,13H,9-10,12H2,1-2H3,(H,27,30). The number of halogens is 4. The van der Waals surface area contributed by atoms with Crippen LogP contribution < -0.4 is 10.9 Å². The van der Waals surface area contributed by atoms with Crippen LogP contribution in [0.25, 0.3) is 10.9 Å². The van der Waals surface area contributed by atoms with Gasteiger partial charge >= 0.3 is 6.18 Å². The van der Waals surface area contributed by atoms with Crippen molar-refractivity contribution in [2.45, 2.75) is 38.1 Å². The molecular formula is C22H21ClF3N3O2S. The third kappa shape index (κ3) is 5.83. The highest BCUT2D eigenvalue weighted by Gasteiger charge is 2.33. The predicted octanol–water partition coefficient (Wildman–Crippen LogP) is 5.85. The van der Waals surface area contributed by atoms with E-state index in [2.05, 4.69) is 10.3 Å². The van der Waals surface area contributed by atoms with Crippen LogP contribution in [0, 0.1) is 5.92 Å². The molecule has 2 aromatic carbocycles. The number of anilines is 1. The molecule has 1 heterocycles. The first-order valence-corrected chi connectivity index (χ1v) is 11.2.